The molecule has 0 fully saturated rings. The van der Waals surface area contributed by atoms with Crippen LogP contribution in [-0.2, 0) is 96.6 Å². The van der Waals surface area contributed by atoms with Crippen molar-refractivity contribution in [3.63, 3.8) is 0 Å². The lowest BCUT2D eigenvalue weighted by atomic mass is 9.84. The van der Waals surface area contributed by atoms with Gasteiger partial charge in [-0.2, -0.15) is 0 Å². The molecule has 36 nitrogen and oxygen atoms in total. The highest BCUT2D eigenvalue weighted by molar-refractivity contribution is 7.94. The van der Waals surface area contributed by atoms with E-state index in [1.54, 1.807) is 69.2 Å². The Morgan fingerprint density at radius 1 is 0.447 bits per heavy atom. The number of unbranched alkanes of at least 4 members (excludes halogenated alkanes) is 4. The zero-order valence-electron chi connectivity index (χ0n) is 68.1. The number of hydrogen-bond donors (Lipinski definition) is 10. The standard InChI is InChI=1S/C28H45N5O10S.C25H40N4O8.C23H41N3O6S/c1-17(2)25(21(34)15-19(26(38)18(3)4)9-8-13-30-28(29)40)32-27(39)20(16-44(41,42)43)31-22(35)10-6-5-7-14-33-23(36)11-12-24(33)37;1-16(2)23(19(30)14-18(24(34)17(3)4)6-5-9-27-25(26)35)28-20(31)15-37-13-12-36-11-10-29-21(32)7-8-22(29)33;1-6-33(31,32)14-9-7-8-12-20(28)26-21(16(2)3)19(27)15-18(22(29)17(4)5)11-10-13-25-23(24)30/h11-12,17-20,25H,5-10,13-16H2,1-4H3,(H,31,35)(H,32,39)(H3,29,30,40)(H,41,42,43);7-8,16-18,23H,5-6,9-15H2,1-4H3,(H,28,31)(H3,26,27,35);6,16-18,21H,1,7-15H2,2-5H3,(H,26,28)(H3,24,25,30)/p-1/t19-,20+,25+;18-,23+;18-,21+/m010/s1. The monoisotopic (exact) mass is 1650 g/mol. The Morgan fingerprint density at radius 3 is 1.14 bits per heavy atom. The molecule has 0 bridgehead atoms. The Labute approximate surface area is 670 Å². The highest BCUT2D eigenvalue weighted by atomic mass is 32.2. The number of urea groups is 3. The first-order valence-electron chi connectivity index (χ1n) is 38.7. The van der Waals surface area contributed by atoms with Crippen LogP contribution in [0.5, 0.6) is 0 Å². The number of hydrogen-bond acceptors (Lipinski definition) is 24. The van der Waals surface area contributed by atoms with Crippen molar-refractivity contribution in [2.45, 2.75) is 216 Å². The Kier molecular flexibility index (Phi) is 51.1. The Morgan fingerprint density at radius 2 is 0.789 bits per heavy atom. The van der Waals surface area contributed by atoms with Crippen LogP contribution in [0.1, 0.15) is 192 Å². The van der Waals surface area contributed by atoms with Gasteiger partial charge in [-0.3, -0.25) is 76.9 Å². The first kappa shape index (κ1) is 105. The van der Waals surface area contributed by atoms with Crippen LogP contribution in [0.2, 0.25) is 0 Å². The van der Waals surface area contributed by atoms with Crippen molar-refractivity contribution in [2.24, 2.45) is 70.5 Å². The fourth-order valence-corrected chi connectivity index (χ4v) is 13.3. The van der Waals surface area contributed by atoms with Gasteiger partial charge >= 0.3 is 18.1 Å². The molecule has 0 aromatic rings. The van der Waals surface area contributed by atoms with E-state index in [1.807, 2.05) is 13.8 Å². The lowest BCUT2D eigenvalue weighted by Crippen LogP contribution is -2.55. The molecule has 114 heavy (non-hydrogen) atoms. The zero-order chi connectivity index (χ0) is 87.2. The van der Waals surface area contributed by atoms with Crippen LogP contribution < -0.4 is 54.4 Å². The molecule has 2 heterocycles. The molecule has 7 atom stereocenters. The van der Waals surface area contributed by atoms with Gasteiger partial charge in [-0.15, -0.1) is 0 Å². The second-order valence-electron chi connectivity index (χ2n) is 29.9. The molecule has 0 aliphatic carbocycles. The smallest absolute Gasteiger partial charge is 0.312 e. The maximum absolute atomic E-state index is 13.3. The maximum Gasteiger partial charge on any atom is 0.312 e. The molecule has 0 unspecified atom stereocenters. The van der Waals surface area contributed by atoms with Gasteiger partial charge in [-0.25, -0.2) is 31.2 Å². The van der Waals surface area contributed by atoms with Crippen LogP contribution in [0.15, 0.2) is 36.3 Å². The number of nitrogens with two attached hydrogens (primary N) is 3. The summed E-state index contributed by atoms with van der Waals surface area (Å²) in [6.07, 6.45) is 9.79. The molecular formula is C76H125N12O24S2-. The summed E-state index contributed by atoms with van der Waals surface area (Å²) in [5.74, 6) is -9.89. The molecule has 13 N–H and O–H groups in total. The fourth-order valence-electron chi connectivity index (χ4n) is 11.9. The number of nitrogens with zero attached hydrogens (tertiary/aromatic N) is 2. The van der Waals surface area contributed by atoms with E-state index < -0.39 is 127 Å². The van der Waals surface area contributed by atoms with Crippen molar-refractivity contribution in [2.75, 3.05) is 70.7 Å². The molecule has 646 valence electrons. The van der Waals surface area contributed by atoms with Gasteiger partial charge in [-0.05, 0) is 82.0 Å². The second-order valence-corrected chi connectivity index (χ2v) is 33.4. The molecule has 0 saturated carbocycles. The summed E-state index contributed by atoms with van der Waals surface area (Å²) in [6.45, 7) is 25.6. The van der Waals surface area contributed by atoms with Crippen LogP contribution in [0.25, 0.3) is 0 Å². The van der Waals surface area contributed by atoms with Crippen LogP contribution in [0.3, 0.4) is 0 Å². The van der Waals surface area contributed by atoms with Crippen molar-refractivity contribution in [1.29, 1.82) is 0 Å². The van der Waals surface area contributed by atoms with Gasteiger partial charge in [0.15, 0.2) is 27.2 Å². The van der Waals surface area contributed by atoms with Gasteiger partial charge < -0.3 is 68.4 Å². The highest BCUT2D eigenvalue weighted by Crippen LogP contribution is 2.24. The van der Waals surface area contributed by atoms with Gasteiger partial charge in [0.1, 0.15) is 30.0 Å². The number of rotatable bonds is 58. The molecule has 0 aromatic carbocycles. The summed E-state index contributed by atoms with van der Waals surface area (Å²) in [5, 5.41) is 18.5. The molecule has 0 aromatic heterocycles. The zero-order valence-corrected chi connectivity index (χ0v) is 69.8. The molecule has 38 heteroatoms. The van der Waals surface area contributed by atoms with Gasteiger partial charge in [-0.1, -0.05) is 103 Å². The van der Waals surface area contributed by atoms with Gasteiger partial charge in [0.25, 0.3) is 23.6 Å². The number of sulfone groups is 1. The largest absolute Gasteiger partial charge is 0.748 e. The molecule has 2 aliphatic rings. The number of carbonyl (C=O) groups excluding carboxylic acids is 17. The van der Waals surface area contributed by atoms with E-state index in [4.69, 9.17) is 26.7 Å². The van der Waals surface area contributed by atoms with Crippen molar-refractivity contribution in [1.82, 2.24) is 47.0 Å². The minimum Gasteiger partial charge on any atom is -0.748 e. The van der Waals surface area contributed by atoms with Gasteiger partial charge in [0.05, 0.1) is 66.1 Å². The molecule has 2 rings (SSSR count). The molecule has 14 amide bonds. The van der Waals surface area contributed by atoms with E-state index in [1.165, 1.54) is 24.3 Å². The first-order valence-corrected chi connectivity index (χ1v) is 41.9. The highest BCUT2D eigenvalue weighted by Gasteiger charge is 2.36. The molecular weight excluding hydrogens is 1530 g/mol. The molecule has 2 aliphatic heterocycles. The van der Waals surface area contributed by atoms with Gasteiger partial charge in [0.2, 0.25) is 23.6 Å². The van der Waals surface area contributed by atoms with Crippen molar-refractivity contribution < 1.29 is 112 Å². The third-order valence-corrected chi connectivity index (χ3v) is 20.2. The average molecular weight is 1660 g/mol. The van der Waals surface area contributed by atoms with Crippen LogP contribution in [-0.4, -0.2) is 226 Å². The SMILES string of the molecule is C=CS(=O)(=O)CCCCCC(=O)N[C@@H](C(=O)C[C@H](CCCNC(N)=O)C(=O)C(C)C)C(C)C.CC(C)C(=O)[C@@H](CCCNC(N)=O)CC(=O)[C@H](NC(=O)[C@@H](CS(=O)(=O)[O-])NC(=O)CCCCCN1C(=O)C=CC1=O)C(C)C.CC(C)C(=O)[C@H](CCCNC(N)=O)CC(=O)[C@@H](NC(=O)COCCOCCN1C(=O)C=CC1=O)C(C)C. The summed E-state index contributed by atoms with van der Waals surface area (Å²) in [6, 6.07) is -6.39. The Bertz CT molecular complexity index is 3520. The predicted molar refractivity (Wildman–Crippen MR) is 420 cm³/mol. The topological polar surface area (TPSA) is 569 Å². The number of carbonyl (C=O) groups is 17. The number of ketones is 6. The lowest BCUT2D eigenvalue weighted by Gasteiger charge is -2.27. The number of primary amides is 3. The third kappa shape index (κ3) is 45.8. The quantitative estimate of drug-likeness (QED) is 0.0238. The summed E-state index contributed by atoms with van der Waals surface area (Å²) >= 11 is 0. The molecule has 0 spiro atoms. The minimum atomic E-state index is -4.97. The number of imide groups is 2. The van der Waals surface area contributed by atoms with E-state index >= 15 is 0 Å². The molecule has 0 radical (unpaired) electrons. The number of nitrogens with one attached hydrogen (secondary N) is 7. The van der Waals surface area contributed by atoms with Crippen molar-refractivity contribution >= 4 is 120 Å². The van der Waals surface area contributed by atoms with Crippen molar-refractivity contribution in [3.8, 4) is 0 Å². The van der Waals surface area contributed by atoms with Crippen LogP contribution in [0.4, 0.5) is 14.4 Å². The normalized spacial score (nSPS) is 14.6. The predicted octanol–water partition coefficient (Wildman–Crippen LogP) is 2.72. The molecule has 0 saturated heterocycles. The summed E-state index contributed by atoms with van der Waals surface area (Å²) in [4.78, 5) is 209. The van der Waals surface area contributed by atoms with E-state index in [0.29, 0.717) is 83.7 Å². The summed E-state index contributed by atoms with van der Waals surface area (Å²) in [5.41, 5.74) is 15.2. The van der Waals surface area contributed by atoms with Crippen molar-refractivity contribution in [3.05, 3.63) is 36.3 Å². The number of Topliss-reactive ketones (excluding diaryl/α,β-unsaturated/α-hetero) is 6. The third-order valence-electron chi connectivity index (χ3n) is 18.1. The maximum atomic E-state index is 13.3. The average Bonchev–Trinajstić information content (AvgIpc) is 1.80. The fraction of sp³-hybridized carbons (Fsp3) is 0.697. The first-order chi connectivity index (χ1) is 53.2. The van der Waals surface area contributed by atoms with E-state index in [-0.39, 0.29) is 167 Å². The lowest BCUT2D eigenvalue weighted by molar-refractivity contribution is -0.139. The number of amides is 14. The second kappa shape index (κ2) is 55.5. The minimum absolute atomic E-state index is 0.00541. The number of ether oxygens (including phenoxy) is 2. The van der Waals surface area contributed by atoms with Gasteiger partial charge in [0, 0.05) is 124 Å². The van der Waals surface area contributed by atoms with E-state index in [9.17, 15) is 103 Å². The Balaban J connectivity index is 0.00000170. The summed E-state index contributed by atoms with van der Waals surface area (Å²) < 4.78 is 68.0. The Hall–Kier alpha value is -9.01. The van der Waals surface area contributed by atoms with E-state index in [0.717, 1.165) is 15.2 Å². The van der Waals surface area contributed by atoms with Crippen LogP contribution in [0, 0.1) is 53.3 Å². The summed E-state index contributed by atoms with van der Waals surface area (Å²) in [7, 11) is -8.20. The van der Waals surface area contributed by atoms with Crippen LogP contribution >= 0.6 is 0 Å². The van der Waals surface area contributed by atoms with E-state index in [2.05, 4.69) is 43.8 Å².